The second kappa shape index (κ2) is 22.2. The molecule has 1 aliphatic heterocycles. The summed E-state index contributed by atoms with van der Waals surface area (Å²) in [6.45, 7) is 23.0. The lowest BCUT2D eigenvalue weighted by Crippen LogP contribution is -2.67. The number of hydrogen-bond donors (Lipinski definition) is 3. The molecule has 0 aromatic rings. The van der Waals surface area contributed by atoms with Crippen LogP contribution in [-0.2, 0) is 47.7 Å². The van der Waals surface area contributed by atoms with Gasteiger partial charge < -0.3 is 39.0 Å². The summed E-state index contributed by atoms with van der Waals surface area (Å²) < 4.78 is 27.0. The molecule has 11 saturated carbocycles. The maximum atomic E-state index is 12.4. The zero-order valence-corrected chi connectivity index (χ0v) is 47.8. The number of rotatable bonds is 11. The van der Waals surface area contributed by atoms with Crippen LogP contribution in [0.3, 0.4) is 0 Å². The highest BCUT2D eigenvalue weighted by Gasteiger charge is 2.65. The van der Waals surface area contributed by atoms with Gasteiger partial charge in [0, 0.05) is 37.5 Å². The minimum atomic E-state index is -0.842. The van der Waals surface area contributed by atoms with Crippen LogP contribution in [0.5, 0.6) is 0 Å². The van der Waals surface area contributed by atoms with Gasteiger partial charge in [-0.3, -0.25) is 19.2 Å². The monoisotopic (exact) mass is 1040 g/mol. The van der Waals surface area contributed by atoms with E-state index >= 15 is 0 Å². The van der Waals surface area contributed by atoms with E-state index in [1.807, 2.05) is 83.1 Å². The van der Waals surface area contributed by atoms with Crippen LogP contribution in [0.2, 0.25) is 0 Å². The number of carbonyl (C=O) groups is 5. The first-order valence-corrected chi connectivity index (χ1v) is 28.8. The topological polar surface area (TPSA) is 216 Å². The predicted molar refractivity (Wildman–Crippen MR) is 278 cm³/mol. The van der Waals surface area contributed by atoms with E-state index < -0.39 is 44.8 Å². The Labute approximate surface area is 443 Å². The van der Waals surface area contributed by atoms with E-state index in [4.69, 9.17) is 24.2 Å². The molecule has 3 N–H and O–H groups in total. The number of esters is 5. The van der Waals surface area contributed by atoms with Gasteiger partial charge in [0.1, 0.15) is 17.3 Å². The van der Waals surface area contributed by atoms with Gasteiger partial charge in [0.15, 0.2) is 0 Å². The van der Waals surface area contributed by atoms with Gasteiger partial charge in [-0.25, -0.2) is 4.79 Å². The molecule has 0 aromatic carbocycles. The predicted octanol–water partition coefficient (Wildman–Crippen LogP) is 10.8. The molecule has 0 spiro atoms. The third kappa shape index (κ3) is 13.5. The average Bonchev–Trinajstić information content (AvgIpc) is 4.11. The molecular formula is C60H97NO13. The van der Waals surface area contributed by atoms with Gasteiger partial charge in [0.25, 0.3) is 0 Å². The van der Waals surface area contributed by atoms with Crippen LogP contribution >= 0.6 is 0 Å². The highest BCUT2D eigenvalue weighted by atomic mass is 16.6. The minimum absolute atomic E-state index is 0.0231. The molecule has 1 heterocycles. The molecule has 0 aromatic heterocycles. The first-order chi connectivity index (χ1) is 34.2. The Kier molecular flexibility index (Phi) is 18.0. The quantitative estimate of drug-likeness (QED) is 0.130. The van der Waals surface area contributed by atoms with Crippen molar-refractivity contribution in [3.8, 4) is 6.07 Å². The highest BCUT2D eigenvalue weighted by Crippen LogP contribution is 2.61. The van der Waals surface area contributed by atoms with Crippen LogP contribution < -0.4 is 0 Å². The summed E-state index contributed by atoms with van der Waals surface area (Å²) in [6.07, 6.45) is 19.9. The minimum Gasteiger partial charge on any atom is -0.469 e. The number of ether oxygens (including phenoxy) is 5. The smallest absolute Gasteiger partial charge is 0.348 e. The molecule has 0 radical (unpaired) electrons. The summed E-state index contributed by atoms with van der Waals surface area (Å²) in [5, 5.41) is 40.6. The molecule has 10 unspecified atom stereocenters. The van der Waals surface area contributed by atoms with Crippen molar-refractivity contribution in [3.63, 3.8) is 0 Å². The maximum Gasteiger partial charge on any atom is 0.348 e. The lowest BCUT2D eigenvalue weighted by molar-refractivity contribution is -0.264. The van der Waals surface area contributed by atoms with Gasteiger partial charge in [-0.15, -0.1) is 0 Å². The van der Waals surface area contributed by atoms with Crippen molar-refractivity contribution in [1.82, 2.24) is 0 Å². The fraction of sp³-hybridized carbons (Fsp3) is 0.900. The van der Waals surface area contributed by atoms with Crippen molar-refractivity contribution in [1.29, 1.82) is 5.26 Å². The Morgan fingerprint density at radius 2 is 1.05 bits per heavy atom. The Morgan fingerprint density at radius 1 is 0.581 bits per heavy atom. The number of carbonyl (C=O) groups excluding carboxylic acids is 5. The lowest BCUT2D eigenvalue weighted by atomic mass is 9.50. The zero-order valence-electron chi connectivity index (χ0n) is 47.8. The first kappa shape index (κ1) is 60.0. The molecule has 74 heavy (non-hydrogen) atoms. The first-order valence-electron chi connectivity index (χ1n) is 28.8. The number of nitriles is 1. The molecule has 12 fully saturated rings. The van der Waals surface area contributed by atoms with Crippen molar-refractivity contribution >= 4 is 29.8 Å². The normalized spacial score (nSPS) is 38.5. The maximum absolute atomic E-state index is 12.4. The van der Waals surface area contributed by atoms with E-state index in [-0.39, 0.29) is 58.8 Å². The zero-order chi connectivity index (χ0) is 55.1. The van der Waals surface area contributed by atoms with Crippen LogP contribution in [0, 0.1) is 74.4 Å². The number of hydrogen-bond acceptors (Lipinski definition) is 14. The molecular weight excluding hydrogens is 943 g/mol. The van der Waals surface area contributed by atoms with Crippen LogP contribution in [-0.4, -0.2) is 92.5 Å². The van der Waals surface area contributed by atoms with Gasteiger partial charge in [0.2, 0.25) is 6.10 Å². The summed E-state index contributed by atoms with van der Waals surface area (Å²) in [7, 11) is 1.42. The Bertz CT molecular complexity index is 2050. The fourth-order valence-electron chi connectivity index (χ4n) is 14.8. The molecule has 14 heteroatoms. The van der Waals surface area contributed by atoms with Gasteiger partial charge in [-0.05, 0) is 201 Å². The van der Waals surface area contributed by atoms with E-state index in [2.05, 4.69) is 10.8 Å². The van der Waals surface area contributed by atoms with Crippen molar-refractivity contribution < 1.29 is 63.0 Å². The largest absolute Gasteiger partial charge is 0.469 e. The van der Waals surface area contributed by atoms with Crippen LogP contribution in [0.15, 0.2) is 0 Å². The third-order valence-corrected chi connectivity index (χ3v) is 20.0. The molecule has 10 atom stereocenters. The van der Waals surface area contributed by atoms with E-state index in [0.717, 1.165) is 95.3 Å². The number of aliphatic hydroxyl groups is 3. The molecule has 12 aliphatic rings. The third-order valence-electron chi connectivity index (χ3n) is 20.0. The second-order valence-electron chi connectivity index (χ2n) is 28.0. The van der Waals surface area contributed by atoms with Crippen molar-refractivity contribution in [2.24, 2.45) is 63.1 Å². The molecule has 420 valence electrons. The number of fused-ring (bicyclic) bond motifs is 3. The number of methoxy groups -OCH3 is 1. The SMILES string of the molecule is CCC(C)(C)C(=O)OC.CCC(C)(C)C(=O)OC12CC3CC(CC(O)(C3)C1)C2.CCC(C)(C)C(=O)OC12CC3CC(O)(CC(O)(C3)C1)C2.CCC(C)(C)C(=O)OC1C(=O)OC2CCCC21.N#CC1CC2CCC1C2. The molecule has 10 bridgehead atoms. The highest BCUT2D eigenvalue weighted by molar-refractivity contribution is 5.83. The Morgan fingerprint density at radius 3 is 1.47 bits per heavy atom. The Hall–Kier alpha value is -3.28. The van der Waals surface area contributed by atoms with Gasteiger partial charge >= 0.3 is 29.8 Å². The van der Waals surface area contributed by atoms with Crippen LogP contribution in [0.25, 0.3) is 0 Å². The van der Waals surface area contributed by atoms with Crippen LogP contribution in [0.4, 0.5) is 0 Å². The number of nitrogens with zero attached hydrogens (tertiary/aromatic N) is 1. The summed E-state index contributed by atoms with van der Waals surface area (Å²) in [5.41, 5.74) is -5.00. The van der Waals surface area contributed by atoms with Gasteiger partial charge in [0.05, 0.1) is 51.6 Å². The summed E-state index contributed by atoms with van der Waals surface area (Å²) in [6, 6.07) is 2.40. The van der Waals surface area contributed by atoms with Gasteiger partial charge in [-0.1, -0.05) is 34.1 Å². The lowest BCUT2D eigenvalue weighted by Gasteiger charge is -2.62. The second-order valence-corrected chi connectivity index (χ2v) is 28.0. The Balaban J connectivity index is 0.000000156. The molecule has 1 saturated heterocycles. The van der Waals surface area contributed by atoms with Crippen molar-refractivity contribution in [3.05, 3.63) is 0 Å². The fourth-order valence-corrected chi connectivity index (χ4v) is 14.8. The molecule has 12 rings (SSSR count). The molecule has 0 amide bonds. The summed E-state index contributed by atoms with van der Waals surface area (Å²) >= 11 is 0. The van der Waals surface area contributed by atoms with E-state index in [1.165, 1.54) is 39.2 Å². The van der Waals surface area contributed by atoms with Gasteiger partial charge in [-0.2, -0.15) is 5.26 Å². The van der Waals surface area contributed by atoms with Crippen LogP contribution in [0.1, 0.15) is 231 Å². The molecule has 14 nitrogen and oxygen atoms in total. The molecule has 11 aliphatic carbocycles. The standard InChI is InChI=1S/C16H26O4.C16H26O3.C13H20O4.C8H11N.C7H14O2/c1-4-13(2,3)12(17)20-16-7-11-5-14(18,9-16)8-15(19,6-11)10-16;1-4-14(2,3)13(17)19-16-8-11-5-12(9-16)7-15(18,6-11)10-16;1-4-13(2,3)12(15)17-10-8-6-5-7-9(8)16-11(10)14;9-5-8-4-6-1-2-7(8)3-6;1-5-7(2,3)6(8)9-4/h11,18-19H,4-10H2,1-3H3;11-12,18H,4-10H2,1-3H3;8-10H,4-7H2,1-3H3;6-8H,1-4H2;5H2,1-4H3. The van der Waals surface area contributed by atoms with E-state index in [1.54, 1.807) is 0 Å². The van der Waals surface area contributed by atoms with E-state index in [0.29, 0.717) is 49.9 Å². The summed E-state index contributed by atoms with van der Waals surface area (Å²) in [5.74, 6) is 2.56. The van der Waals surface area contributed by atoms with E-state index in [9.17, 15) is 39.3 Å². The van der Waals surface area contributed by atoms with Crippen molar-refractivity contribution in [2.45, 2.75) is 271 Å². The van der Waals surface area contributed by atoms with Crippen molar-refractivity contribution in [2.75, 3.05) is 7.11 Å². The average molecular weight is 1040 g/mol. The summed E-state index contributed by atoms with van der Waals surface area (Å²) in [4.78, 5) is 59.2.